The Bertz CT molecular complexity index is 1050. The lowest BCUT2D eigenvalue weighted by Crippen LogP contribution is -2.79. The van der Waals surface area contributed by atoms with Gasteiger partial charge in [-0.15, -0.1) is 0 Å². The second-order valence-corrected chi connectivity index (χ2v) is 12.3. The van der Waals surface area contributed by atoms with Crippen LogP contribution in [0, 0.1) is 22.7 Å². The number of ether oxygens (including phenoxy) is 3. The second-order valence-electron chi connectivity index (χ2n) is 12.3. The van der Waals surface area contributed by atoms with Gasteiger partial charge in [0, 0.05) is 49.0 Å². The van der Waals surface area contributed by atoms with Crippen molar-refractivity contribution in [1.29, 1.82) is 0 Å². The van der Waals surface area contributed by atoms with Crippen LogP contribution < -0.4 is 5.63 Å². The molecule has 4 aliphatic carbocycles. The lowest BCUT2D eigenvalue weighted by molar-refractivity contribution is -0.548. The molecule has 1 aromatic rings. The molecular formula is C26H34O7. The van der Waals surface area contributed by atoms with E-state index in [1.807, 2.05) is 6.92 Å². The summed E-state index contributed by atoms with van der Waals surface area (Å²) in [4.78, 5) is 11.5. The van der Waals surface area contributed by atoms with Crippen molar-refractivity contribution in [3.05, 3.63) is 34.4 Å². The van der Waals surface area contributed by atoms with E-state index >= 15 is 0 Å². The zero-order chi connectivity index (χ0) is 23.0. The molecule has 33 heavy (non-hydrogen) atoms. The fourth-order valence-corrected chi connectivity index (χ4v) is 9.83. The van der Waals surface area contributed by atoms with Crippen LogP contribution in [0.2, 0.25) is 0 Å². The first-order valence-corrected chi connectivity index (χ1v) is 12.6. The molecule has 0 aromatic carbocycles. The molecule has 1 spiro atoms. The summed E-state index contributed by atoms with van der Waals surface area (Å²) in [5.41, 5.74) is -1.59. The molecule has 7 aliphatic rings. The highest BCUT2D eigenvalue weighted by Crippen LogP contribution is 2.74. The quantitative estimate of drug-likeness (QED) is 0.667. The normalized spacial score (nSPS) is 58.6. The zero-order valence-electron chi connectivity index (χ0n) is 19.6. The molecule has 8 rings (SSSR count). The first-order valence-electron chi connectivity index (χ1n) is 12.6. The molecule has 7 heteroatoms. The Labute approximate surface area is 193 Å². The Morgan fingerprint density at radius 1 is 1.03 bits per heavy atom. The molecular weight excluding hydrogens is 424 g/mol. The summed E-state index contributed by atoms with van der Waals surface area (Å²) >= 11 is 0. The van der Waals surface area contributed by atoms with Crippen molar-refractivity contribution in [3.8, 4) is 0 Å². The van der Waals surface area contributed by atoms with Crippen LogP contribution in [0.4, 0.5) is 0 Å². The molecule has 3 aliphatic heterocycles. The van der Waals surface area contributed by atoms with Crippen molar-refractivity contribution in [2.24, 2.45) is 22.7 Å². The average molecular weight is 459 g/mol. The van der Waals surface area contributed by atoms with Crippen molar-refractivity contribution < 1.29 is 28.8 Å². The van der Waals surface area contributed by atoms with Crippen LogP contribution in [0.15, 0.2) is 27.6 Å². The number of aliphatic hydroxyl groups is 2. The monoisotopic (exact) mass is 458 g/mol. The van der Waals surface area contributed by atoms with Gasteiger partial charge in [0.2, 0.25) is 0 Å². The van der Waals surface area contributed by atoms with Gasteiger partial charge in [-0.2, -0.15) is 0 Å². The van der Waals surface area contributed by atoms with Gasteiger partial charge in [-0.05, 0) is 49.1 Å². The second kappa shape index (κ2) is 6.11. The van der Waals surface area contributed by atoms with Gasteiger partial charge in [-0.1, -0.05) is 13.8 Å². The maximum Gasteiger partial charge on any atom is 0.335 e. The molecule has 4 bridgehead atoms. The Morgan fingerprint density at radius 3 is 2.55 bits per heavy atom. The number of hydrogen-bond donors (Lipinski definition) is 2. The molecule has 180 valence electrons. The first-order chi connectivity index (χ1) is 15.5. The van der Waals surface area contributed by atoms with Crippen LogP contribution in [-0.4, -0.2) is 45.7 Å². The molecule has 7 nitrogen and oxygen atoms in total. The van der Waals surface area contributed by atoms with Crippen LogP contribution in [0.3, 0.4) is 0 Å². The standard InChI is InChI=1S/C26H34O7/c1-22-8-6-16-17(26(22,29)12-18(27)21(22)14-4-5-20(28)30-13-14)7-9-25-11-15-10-19(23(16,25)2)32-24(3,31-15)33-25/h4-5,13,15-19,21,27,29H,6-12H2,1-3H3. The topological polar surface area (TPSA) is 98.4 Å². The average Bonchev–Trinajstić information content (AvgIpc) is 2.94. The fourth-order valence-electron chi connectivity index (χ4n) is 9.83. The molecule has 7 fully saturated rings. The number of hydrogen-bond acceptors (Lipinski definition) is 7. The summed E-state index contributed by atoms with van der Waals surface area (Å²) in [6, 6.07) is 3.16. The van der Waals surface area contributed by atoms with E-state index in [1.165, 1.54) is 12.3 Å². The van der Waals surface area contributed by atoms with Gasteiger partial charge in [-0.3, -0.25) is 0 Å². The fraction of sp³-hybridized carbons (Fsp3) is 0.808. The van der Waals surface area contributed by atoms with Crippen molar-refractivity contribution in [3.63, 3.8) is 0 Å². The number of aliphatic hydroxyl groups excluding tert-OH is 1. The van der Waals surface area contributed by atoms with E-state index < -0.39 is 28.7 Å². The van der Waals surface area contributed by atoms with Gasteiger partial charge < -0.3 is 28.8 Å². The van der Waals surface area contributed by atoms with Crippen molar-refractivity contribution in [2.45, 2.75) is 107 Å². The van der Waals surface area contributed by atoms with Crippen molar-refractivity contribution >= 4 is 0 Å². The summed E-state index contributed by atoms with van der Waals surface area (Å²) in [5.74, 6) is -0.919. The largest absolute Gasteiger partial charge is 0.431 e. The van der Waals surface area contributed by atoms with Crippen LogP contribution in [0.5, 0.6) is 0 Å². The molecule has 0 radical (unpaired) electrons. The molecule has 0 amide bonds. The third-order valence-corrected chi connectivity index (χ3v) is 11.2. The smallest absolute Gasteiger partial charge is 0.335 e. The third kappa shape index (κ3) is 2.32. The summed E-state index contributed by atoms with van der Waals surface area (Å²) in [6.45, 7) is 6.36. The zero-order valence-corrected chi connectivity index (χ0v) is 19.6. The van der Waals surface area contributed by atoms with E-state index in [0.717, 1.165) is 44.1 Å². The number of rotatable bonds is 1. The molecule has 3 saturated heterocycles. The van der Waals surface area contributed by atoms with E-state index in [1.54, 1.807) is 6.07 Å². The van der Waals surface area contributed by atoms with Gasteiger partial charge in [0.25, 0.3) is 5.97 Å². The van der Waals surface area contributed by atoms with Gasteiger partial charge in [0.15, 0.2) is 0 Å². The predicted octanol–water partition coefficient (Wildman–Crippen LogP) is 3.07. The van der Waals surface area contributed by atoms with Gasteiger partial charge >= 0.3 is 5.63 Å². The van der Waals surface area contributed by atoms with E-state index in [4.69, 9.17) is 18.6 Å². The van der Waals surface area contributed by atoms with E-state index in [2.05, 4.69) is 13.8 Å². The van der Waals surface area contributed by atoms with Crippen LogP contribution >= 0.6 is 0 Å². The molecule has 11 atom stereocenters. The Balaban J connectivity index is 1.29. The first kappa shape index (κ1) is 21.1. The van der Waals surface area contributed by atoms with Crippen LogP contribution in [0.1, 0.15) is 77.2 Å². The molecule has 2 N–H and O–H groups in total. The minimum absolute atomic E-state index is 0.0510. The molecule has 4 saturated carbocycles. The SMILES string of the molecule is CC12OC3CC(O1)C1(C)C4CCC5(C)C(c6ccc(=O)oc6)C(O)CC5(O)C4CCC1(C3)O2. The number of fused-ring (bicyclic) bond motifs is 3. The summed E-state index contributed by atoms with van der Waals surface area (Å²) in [5, 5.41) is 23.7. The minimum atomic E-state index is -1.00. The van der Waals surface area contributed by atoms with E-state index in [-0.39, 0.29) is 41.0 Å². The van der Waals surface area contributed by atoms with E-state index in [9.17, 15) is 15.0 Å². The highest BCUT2D eigenvalue weighted by Gasteiger charge is 2.78. The third-order valence-electron chi connectivity index (χ3n) is 11.2. The van der Waals surface area contributed by atoms with Crippen molar-refractivity contribution in [1.82, 2.24) is 0 Å². The van der Waals surface area contributed by atoms with Gasteiger partial charge in [-0.25, -0.2) is 4.79 Å². The lowest BCUT2D eigenvalue weighted by atomic mass is 9.40. The maximum atomic E-state index is 12.4. The minimum Gasteiger partial charge on any atom is -0.431 e. The lowest BCUT2D eigenvalue weighted by Gasteiger charge is -2.74. The van der Waals surface area contributed by atoms with Crippen LogP contribution in [-0.2, 0) is 14.2 Å². The highest BCUT2D eigenvalue weighted by atomic mass is 16.9. The molecule has 11 unspecified atom stereocenters. The summed E-state index contributed by atoms with van der Waals surface area (Å²) in [7, 11) is 0. The Morgan fingerprint density at radius 2 is 1.82 bits per heavy atom. The summed E-state index contributed by atoms with van der Waals surface area (Å²) < 4.78 is 24.2. The maximum absolute atomic E-state index is 12.4. The predicted molar refractivity (Wildman–Crippen MR) is 116 cm³/mol. The van der Waals surface area contributed by atoms with E-state index in [0.29, 0.717) is 6.42 Å². The Hall–Kier alpha value is -1.25. The Kier molecular flexibility index (Phi) is 3.90. The molecule has 4 heterocycles. The highest BCUT2D eigenvalue weighted by molar-refractivity contribution is 5.31. The van der Waals surface area contributed by atoms with Crippen molar-refractivity contribution in [2.75, 3.05) is 0 Å². The molecule has 1 aromatic heterocycles. The summed E-state index contributed by atoms with van der Waals surface area (Å²) in [6.07, 6.45) is 6.61. The van der Waals surface area contributed by atoms with Gasteiger partial charge in [0.1, 0.15) is 0 Å². The van der Waals surface area contributed by atoms with Gasteiger partial charge in [0.05, 0.1) is 35.8 Å². The van der Waals surface area contributed by atoms with Crippen LogP contribution in [0.25, 0.3) is 0 Å².